The summed E-state index contributed by atoms with van der Waals surface area (Å²) in [6.07, 6.45) is 7.68. The van der Waals surface area contributed by atoms with Gasteiger partial charge in [0.1, 0.15) is 0 Å². The van der Waals surface area contributed by atoms with Crippen LogP contribution in [0.15, 0.2) is 50.6 Å². The summed E-state index contributed by atoms with van der Waals surface area (Å²) in [7, 11) is -1.72. The molecule has 0 amide bonds. The highest BCUT2D eigenvalue weighted by atomic mass is 28.3. The zero-order valence-electron chi connectivity index (χ0n) is 9.47. The molecule has 0 rings (SSSR count). The van der Waals surface area contributed by atoms with Crippen molar-refractivity contribution in [1.82, 2.24) is 9.96 Å². The molecule has 0 unspecified atom stereocenters. The maximum Gasteiger partial charge on any atom is 0.209 e. The van der Waals surface area contributed by atoms with Crippen molar-refractivity contribution in [3.8, 4) is 0 Å². The van der Waals surface area contributed by atoms with Gasteiger partial charge in [0, 0.05) is 13.1 Å². The van der Waals surface area contributed by atoms with Crippen molar-refractivity contribution in [2.24, 2.45) is 0 Å². The van der Waals surface area contributed by atoms with Gasteiger partial charge in [-0.15, -0.1) is 26.3 Å². The zero-order chi connectivity index (χ0) is 11.6. The van der Waals surface area contributed by atoms with Crippen LogP contribution < -0.4 is 9.96 Å². The van der Waals surface area contributed by atoms with Gasteiger partial charge < -0.3 is 9.96 Å². The van der Waals surface area contributed by atoms with Crippen LogP contribution in [0.1, 0.15) is 0 Å². The second kappa shape index (κ2) is 8.41. The Hall–Kier alpha value is -0.903. The van der Waals surface area contributed by atoms with Crippen molar-refractivity contribution in [2.45, 2.75) is 12.1 Å². The van der Waals surface area contributed by atoms with Gasteiger partial charge in [0.05, 0.1) is 0 Å². The van der Waals surface area contributed by atoms with Crippen LogP contribution in [0.2, 0.25) is 12.1 Å². The molecule has 0 aromatic carbocycles. The first kappa shape index (κ1) is 14.1. The Labute approximate surface area is 94.6 Å². The smallest absolute Gasteiger partial charge is 0.209 e. The number of hydrogen-bond donors (Lipinski definition) is 2. The van der Waals surface area contributed by atoms with E-state index in [4.69, 9.17) is 0 Å². The van der Waals surface area contributed by atoms with E-state index in [-0.39, 0.29) is 0 Å². The molecule has 15 heavy (non-hydrogen) atoms. The lowest BCUT2D eigenvalue weighted by atomic mass is 10.7. The van der Waals surface area contributed by atoms with Crippen LogP contribution in [-0.2, 0) is 0 Å². The molecule has 0 aliphatic carbocycles. The molecule has 0 aliphatic heterocycles. The Morgan fingerprint density at radius 3 is 1.40 bits per heavy atom. The van der Waals surface area contributed by atoms with Crippen LogP contribution in [0.3, 0.4) is 0 Å². The van der Waals surface area contributed by atoms with Gasteiger partial charge in [-0.25, -0.2) is 0 Å². The molecule has 0 heterocycles. The van der Waals surface area contributed by atoms with Gasteiger partial charge in [-0.1, -0.05) is 24.3 Å². The van der Waals surface area contributed by atoms with Crippen LogP contribution in [-0.4, -0.2) is 21.5 Å². The van der Waals surface area contributed by atoms with Crippen molar-refractivity contribution in [1.29, 1.82) is 0 Å². The fraction of sp³-hybridized carbons (Fsp3) is 0.333. The highest BCUT2D eigenvalue weighted by Crippen LogP contribution is 2.10. The third-order valence-corrected chi connectivity index (χ3v) is 5.89. The lowest BCUT2D eigenvalue weighted by Crippen LogP contribution is -2.61. The zero-order valence-corrected chi connectivity index (χ0v) is 10.5. The van der Waals surface area contributed by atoms with Gasteiger partial charge in [0.15, 0.2) is 0 Å². The Bertz CT molecular complexity index is 200. The highest BCUT2D eigenvalue weighted by Gasteiger charge is 2.28. The lowest BCUT2D eigenvalue weighted by Gasteiger charge is -2.30. The molecule has 0 aliphatic rings. The van der Waals surface area contributed by atoms with Gasteiger partial charge in [0.2, 0.25) is 8.40 Å². The molecule has 0 fully saturated rings. The molecule has 0 atom stereocenters. The summed E-state index contributed by atoms with van der Waals surface area (Å²) < 4.78 is 0. The first-order valence-corrected chi connectivity index (χ1v) is 7.59. The molecule has 3 heteroatoms. The summed E-state index contributed by atoms with van der Waals surface area (Å²) >= 11 is 0. The first-order chi connectivity index (χ1) is 7.24. The second-order valence-corrected chi connectivity index (χ2v) is 7.09. The molecule has 2 N–H and O–H groups in total. The fourth-order valence-corrected chi connectivity index (χ4v) is 4.39. The average Bonchev–Trinajstić information content (AvgIpc) is 2.24. The van der Waals surface area contributed by atoms with Crippen molar-refractivity contribution in [2.75, 3.05) is 13.1 Å². The largest absolute Gasteiger partial charge is 0.321 e. The number of hydrogen-bond acceptors (Lipinski definition) is 2. The molecular formula is C12H22N2Si. The van der Waals surface area contributed by atoms with Crippen molar-refractivity contribution < 1.29 is 0 Å². The molecule has 2 nitrogen and oxygen atoms in total. The summed E-state index contributed by atoms with van der Waals surface area (Å²) in [5.74, 6) is 0. The number of nitrogens with one attached hydrogen (secondary N) is 2. The predicted molar refractivity (Wildman–Crippen MR) is 72.2 cm³/mol. The van der Waals surface area contributed by atoms with Gasteiger partial charge in [-0.05, 0) is 12.1 Å². The minimum atomic E-state index is -1.72. The van der Waals surface area contributed by atoms with Crippen molar-refractivity contribution >= 4 is 8.40 Å². The third-order valence-electron chi connectivity index (χ3n) is 2.16. The normalized spacial score (nSPS) is 10.7. The Morgan fingerprint density at radius 1 is 0.733 bits per heavy atom. The van der Waals surface area contributed by atoms with Gasteiger partial charge in [-0.2, -0.15) is 0 Å². The summed E-state index contributed by atoms with van der Waals surface area (Å²) in [5, 5.41) is 0. The van der Waals surface area contributed by atoms with Crippen LogP contribution in [0.5, 0.6) is 0 Å². The monoisotopic (exact) mass is 222 g/mol. The molecule has 84 valence electrons. The van der Waals surface area contributed by atoms with Crippen LogP contribution in [0, 0.1) is 0 Å². The lowest BCUT2D eigenvalue weighted by molar-refractivity contribution is 0.897. The Kier molecular flexibility index (Phi) is 7.90. The van der Waals surface area contributed by atoms with E-state index >= 15 is 0 Å². The van der Waals surface area contributed by atoms with E-state index in [0.717, 1.165) is 25.2 Å². The second-order valence-electron chi connectivity index (χ2n) is 3.41. The van der Waals surface area contributed by atoms with Gasteiger partial charge in [-0.3, -0.25) is 0 Å². The minimum absolute atomic E-state index is 0.818. The van der Waals surface area contributed by atoms with Crippen LogP contribution in [0.25, 0.3) is 0 Å². The van der Waals surface area contributed by atoms with E-state index in [0.29, 0.717) is 0 Å². The van der Waals surface area contributed by atoms with Crippen molar-refractivity contribution in [3.63, 3.8) is 0 Å². The standard InChI is InChI=1S/C12H22N2Si/c1-5-9-13-15(11-7-3,12-8-4)14-10-6-2/h5-8,13-14H,1-4,9-12H2. The summed E-state index contributed by atoms with van der Waals surface area (Å²) in [4.78, 5) is 7.08. The molecule has 0 aromatic rings. The fourth-order valence-electron chi connectivity index (χ4n) is 1.46. The van der Waals surface area contributed by atoms with Crippen LogP contribution >= 0.6 is 0 Å². The van der Waals surface area contributed by atoms with E-state index < -0.39 is 8.40 Å². The quantitative estimate of drug-likeness (QED) is 0.438. The number of rotatable bonds is 10. The van der Waals surface area contributed by atoms with E-state index in [2.05, 4.69) is 36.3 Å². The maximum atomic E-state index is 3.81. The highest BCUT2D eigenvalue weighted by molar-refractivity contribution is 6.76. The average molecular weight is 222 g/mol. The molecule has 0 aromatic heterocycles. The predicted octanol–water partition coefficient (Wildman–Crippen LogP) is 2.35. The molecule has 0 spiro atoms. The molecule has 0 saturated heterocycles. The third kappa shape index (κ3) is 5.52. The Balaban J connectivity index is 4.51. The molecule has 0 bridgehead atoms. The minimum Gasteiger partial charge on any atom is -0.321 e. The molecule has 0 saturated carbocycles. The van der Waals surface area contributed by atoms with E-state index in [1.54, 1.807) is 0 Å². The summed E-state index contributed by atoms with van der Waals surface area (Å²) in [6, 6.07) is 1.95. The maximum absolute atomic E-state index is 3.81. The van der Waals surface area contributed by atoms with E-state index in [1.807, 2.05) is 24.3 Å². The van der Waals surface area contributed by atoms with Crippen LogP contribution in [0.4, 0.5) is 0 Å². The van der Waals surface area contributed by atoms with Gasteiger partial charge >= 0.3 is 0 Å². The molecule has 0 radical (unpaired) electrons. The van der Waals surface area contributed by atoms with Gasteiger partial charge in [0.25, 0.3) is 0 Å². The number of allylic oxidation sites excluding steroid dienone is 2. The topological polar surface area (TPSA) is 24.1 Å². The summed E-state index contributed by atoms with van der Waals surface area (Å²) in [5.41, 5.74) is 0. The summed E-state index contributed by atoms with van der Waals surface area (Å²) in [6.45, 7) is 16.7. The van der Waals surface area contributed by atoms with Crippen molar-refractivity contribution in [3.05, 3.63) is 50.6 Å². The van der Waals surface area contributed by atoms with E-state index in [1.165, 1.54) is 0 Å². The molecular weight excluding hydrogens is 200 g/mol. The van der Waals surface area contributed by atoms with E-state index in [9.17, 15) is 0 Å². The first-order valence-electron chi connectivity index (χ1n) is 5.18. The SMILES string of the molecule is C=CCN[Si](CC=C)(CC=C)NCC=C. The Morgan fingerprint density at radius 2 is 1.13 bits per heavy atom.